The molecule has 1 aromatic carbocycles. The fraction of sp³-hybridized carbons (Fsp3) is 0.429. The molecule has 82 valence electrons. The van der Waals surface area contributed by atoms with Gasteiger partial charge in [0.05, 0.1) is 0 Å². The molecule has 0 aliphatic carbocycles. The number of hydrogen-bond acceptors (Lipinski definition) is 0. The van der Waals surface area contributed by atoms with Crippen LogP contribution in [0.3, 0.4) is 0 Å². The summed E-state index contributed by atoms with van der Waals surface area (Å²) in [5, 5.41) is 2.71. The van der Waals surface area contributed by atoms with Gasteiger partial charge in [0.15, 0.2) is 0 Å². The summed E-state index contributed by atoms with van der Waals surface area (Å²) in [7, 11) is 0. The zero-order valence-electron chi connectivity index (χ0n) is 10.2. The van der Waals surface area contributed by atoms with E-state index in [1.54, 1.807) is 4.40 Å². The monoisotopic (exact) mass is 264 g/mol. The van der Waals surface area contributed by atoms with Crippen LogP contribution in [-0.2, 0) is 0 Å². The van der Waals surface area contributed by atoms with Crippen molar-refractivity contribution in [1.82, 2.24) is 0 Å². The maximum absolute atomic E-state index is 3.99. The number of hydrogen-bond donors (Lipinski definition) is 0. The Balaban J connectivity index is 3.16. The average Bonchev–Trinajstić information content (AvgIpc) is 2.32. The Hall–Kier alpha value is -0.497. The molecular formula is C14H22Ge. The van der Waals surface area contributed by atoms with Crippen LogP contribution >= 0.6 is 0 Å². The second-order valence-electron chi connectivity index (χ2n) is 4.25. The summed E-state index contributed by atoms with van der Waals surface area (Å²) in [6.07, 6.45) is 2.17. The molecule has 0 bridgehead atoms. The predicted molar refractivity (Wildman–Crippen MR) is 72.4 cm³/mol. The summed E-state index contributed by atoms with van der Waals surface area (Å²) < 4.78 is 2.34. The van der Waals surface area contributed by atoms with Gasteiger partial charge in [-0.25, -0.2) is 0 Å². The number of rotatable bonds is 5. The van der Waals surface area contributed by atoms with Gasteiger partial charge in [-0.15, -0.1) is 0 Å². The number of allylic oxidation sites excluding steroid dienone is 1. The Morgan fingerprint density at radius 1 is 1.20 bits per heavy atom. The van der Waals surface area contributed by atoms with Crippen molar-refractivity contribution in [1.29, 1.82) is 0 Å². The number of benzene rings is 1. The van der Waals surface area contributed by atoms with Gasteiger partial charge in [0, 0.05) is 0 Å². The first-order chi connectivity index (χ1) is 7.21. The second-order valence-corrected chi connectivity index (χ2v) is 15.2. The molecule has 1 unspecified atom stereocenters. The van der Waals surface area contributed by atoms with E-state index in [0.717, 1.165) is 0 Å². The first-order valence-corrected chi connectivity index (χ1v) is 11.1. The van der Waals surface area contributed by atoms with E-state index in [9.17, 15) is 0 Å². The molecule has 0 saturated heterocycles. The molecule has 0 fully saturated rings. The van der Waals surface area contributed by atoms with Crippen molar-refractivity contribution in [3.63, 3.8) is 0 Å². The van der Waals surface area contributed by atoms with Crippen molar-refractivity contribution in [2.45, 2.75) is 36.0 Å². The molecule has 0 nitrogen and oxygen atoms in total. The zero-order valence-corrected chi connectivity index (χ0v) is 12.3. The molecule has 1 heteroatoms. The summed E-state index contributed by atoms with van der Waals surface area (Å²) in [6, 6.07) is 11.1. The van der Waals surface area contributed by atoms with Gasteiger partial charge < -0.3 is 0 Å². The molecule has 0 aliphatic heterocycles. The molecule has 0 aliphatic rings. The van der Waals surface area contributed by atoms with Crippen LogP contribution in [0.25, 0.3) is 0 Å². The van der Waals surface area contributed by atoms with Crippen LogP contribution in [0.5, 0.6) is 0 Å². The van der Waals surface area contributed by atoms with Crippen LogP contribution in [0, 0.1) is 0 Å². The van der Waals surface area contributed by atoms with E-state index in [-0.39, 0.29) is 0 Å². The molecule has 1 aromatic rings. The molecule has 1 rings (SSSR count). The Morgan fingerprint density at radius 3 is 2.13 bits per heavy atom. The third-order valence-corrected chi connectivity index (χ3v) is 16.4. The molecule has 0 heterocycles. The molecule has 15 heavy (non-hydrogen) atoms. The molecule has 0 N–H and O–H groups in total. The van der Waals surface area contributed by atoms with Gasteiger partial charge in [0.1, 0.15) is 0 Å². The van der Waals surface area contributed by atoms with E-state index in [0.29, 0.717) is 4.75 Å². The Bertz CT molecular complexity index is 298. The van der Waals surface area contributed by atoms with Gasteiger partial charge in [-0.2, -0.15) is 0 Å². The van der Waals surface area contributed by atoms with Crippen LogP contribution in [0.15, 0.2) is 43.0 Å². The van der Waals surface area contributed by atoms with Gasteiger partial charge in [0.2, 0.25) is 0 Å². The minimum atomic E-state index is -1.90. The van der Waals surface area contributed by atoms with Gasteiger partial charge in [-0.05, 0) is 0 Å². The molecule has 0 aromatic heterocycles. The summed E-state index contributed by atoms with van der Waals surface area (Å²) >= 11 is -1.90. The first kappa shape index (κ1) is 12.6. The van der Waals surface area contributed by atoms with Gasteiger partial charge >= 0.3 is 96.7 Å². The van der Waals surface area contributed by atoms with Crippen molar-refractivity contribution in [3.05, 3.63) is 43.0 Å². The topological polar surface area (TPSA) is 0 Å². The quantitative estimate of drug-likeness (QED) is 0.557. The van der Waals surface area contributed by atoms with E-state index < -0.39 is 13.3 Å². The van der Waals surface area contributed by atoms with E-state index in [1.807, 2.05) is 0 Å². The van der Waals surface area contributed by atoms with Crippen LogP contribution in [-0.4, -0.2) is 13.3 Å². The van der Waals surface area contributed by atoms with Crippen LogP contribution < -0.4 is 4.40 Å². The van der Waals surface area contributed by atoms with Crippen molar-refractivity contribution in [2.24, 2.45) is 0 Å². The van der Waals surface area contributed by atoms with Crippen molar-refractivity contribution < 1.29 is 0 Å². The Kier molecular flexibility index (Phi) is 4.65. The summed E-state index contributed by atoms with van der Waals surface area (Å²) in [5.41, 5.74) is 0. The zero-order chi connectivity index (χ0) is 11.3. The van der Waals surface area contributed by atoms with Crippen LogP contribution in [0.2, 0.25) is 15.3 Å². The molecule has 0 saturated carbocycles. The average molecular weight is 263 g/mol. The molecule has 0 amide bonds. The normalized spacial score (nSPS) is 13.5. The Morgan fingerprint density at radius 2 is 1.73 bits per heavy atom. The maximum atomic E-state index is 3.99. The molecular weight excluding hydrogens is 241 g/mol. The van der Waals surface area contributed by atoms with E-state index in [1.165, 1.54) is 10.5 Å². The fourth-order valence-corrected chi connectivity index (χ4v) is 11.9. The summed E-state index contributed by atoms with van der Waals surface area (Å²) in [5.74, 6) is 0. The molecule has 0 spiro atoms. The standard InChI is InChI=1S/C14H22Ge/c1-5-13(4)15(6-2,7-3)14-11-9-8-10-12-14/h5,8-13H,1,6-7H2,2-4H3. The van der Waals surface area contributed by atoms with Crippen molar-refractivity contribution in [2.75, 3.05) is 0 Å². The van der Waals surface area contributed by atoms with Crippen molar-refractivity contribution >= 4 is 17.7 Å². The third kappa shape index (κ3) is 2.36. The summed E-state index contributed by atoms with van der Waals surface area (Å²) in [6.45, 7) is 11.1. The Labute approximate surface area is 96.8 Å². The van der Waals surface area contributed by atoms with E-state index in [4.69, 9.17) is 0 Å². The van der Waals surface area contributed by atoms with Gasteiger partial charge in [0.25, 0.3) is 0 Å². The summed E-state index contributed by atoms with van der Waals surface area (Å²) in [4.78, 5) is 0. The molecule has 0 radical (unpaired) electrons. The van der Waals surface area contributed by atoms with Gasteiger partial charge in [-0.1, -0.05) is 0 Å². The second kappa shape index (κ2) is 5.55. The minimum absolute atomic E-state index is 0.711. The SMILES string of the molecule is C=C[CH](C)[Ge]([CH2]C)([CH2]C)[c]1ccccc1. The van der Waals surface area contributed by atoms with E-state index >= 15 is 0 Å². The van der Waals surface area contributed by atoms with Crippen LogP contribution in [0.4, 0.5) is 0 Å². The third-order valence-electron chi connectivity index (χ3n) is 3.84. The van der Waals surface area contributed by atoms with E-state index in [2.05, 4.69) is 63.8 Å². The fourth-order valence-electron chi connectivity index (χ4n) is 2.56. The molecule has 1 atom stereocenters. The van der Waals surface area contributed by atoms with Crippen molar-refractivity contribution in [3.8, 4) is 0 Å². The first-order valence-electron chi connectivity index (χ1n) is 5.89. The van der Waals surface area contributed by atoms with Gasteiger partial charge in [-0.3, -0.25) is 0 Å². The predicted octanol–water partition coefficient (Wildman–Crippen LogP) is 3.96. The van der Waals surface area contributed by atoms with Crippen LogP contribution in [0.1, 0.15) is 20.8 Å².